The number of sulfone groups is 1. The molecule has 0 atom stereocenters. The fourth-order valence-corrected chi connectivity index (χ4v) is 3.90. The maximum Gasteiger partial charge on any atom is 0.410 e. The van der Waals surface area contributed by atoms with Crippen LogP contribution in [0.2, 0.25) is 0 Å². The van der Waals surface area contributed by atoms with Gasteiger partial charge in [0.25, 0.3) is 0 Å². The number of amides is 1. The summed E-state index contributed by atoms with van der Waals surface area (Å²) in [6.45, 7) is 9.87. The Morgan fingerprint density at radius 1 is 1.18 bits per heavy atom. The number of aryl methyl sites for hydroxylation is 1. The minimum Gasteiger partial charge on any atom is -0.444 e. The van der Waals surface area contributed by atoms with Crippen LogP contribution in [0.15, 0.2) is 28.1 Å². The van der Waals surface area contributed by atoms with Gasteiger partial charge in [-0.2, -0.15) is 0 Å². The number of aliphatic imine (C=N–C) groups is 1. The number of ether oxygens (including phenoxy) is 1. The summed E-state index contributed by atoms with van der Waals surface area (Å²) in [6, 6.07) is 5.17. The molecule has 1 aromatic carbocycles. The number of guanidine groups is 1. The Morgan fingerprint density at radius 3 is 2.25 bits per heavy atom. The van der Waals surface area contributed by atoms with Crippen LogP contribution >= 0.6 is 0 Å². The summed E-state index contributed by atoms with van der Waals surface area (Å²) >= 11 is 0. The first-order valence-electron chi connectivity index (χ1n) is 9.19. The molecule has 0 bridgehead atoms. The molecule has 1 amide bonds. The zero-order valence-corrected chi connectivity index (χ0v) is 18.0. The molecule has 0 unspecified atom stereocenters. The summed E-state index contributed by atoms with van der Waals surface area (Å²) in [5.41, 5.74) is 7.17. The van der Waals surface area contributed by atoms with E-state index in [2.05, 4.69) is 4.99 Å². The molecular weight excluding hydrogens is 380 g/mol. The molecule has 9 heteroatoms. The Kier molecular flexibility index (Phi) is 6.59. The van der Waals surface area contributed by atoms with E-state index in [1.165, 1.54) is 6.26 Å². The summed E-state index contributed by atoms with van der Waals surface area (Å²) < 4.78 is 28.8. The monoisotopic (exact) mass is 410 g/mol. The third-order valence-electron chi connectivity index (χ3n) is 4.32. The molecule has 0 spiro atoms. The average Bonchev–Trinajstić information content (AvgIpc) is 2.57. The summed E-state index contributed by atoms with van der Waals surface area (Å²) in [5, 5.41) is 0. The van der Waals surface area contributed by atoms with Gasteiger partial charge in [0, 0.05) is 32.4 Å². The number of nitrogens with two attached hydrogens (primary N) is 1. The molecule has 156 valence electrons. The molecular formula is C19H30N4O4S. The van der Waals surface area contributed by atoms with Crippen LogP contribution in [0.3, 0.4) is 0 Å². The second kappa shape index (κ2) is 8.38. The quantitative estimate of drug-likeness (QED) is 0.601. The van der Waals surface area contributed by atoms with Crippen molar-refractivity contribution >= 4 is 21.9 Å². The lowest BCUT2D eigenvalue weighted by atomic mass is 10.1. The molecule has 1 aromatic rings. The second-order valence-electron chi connectivity index (χ2n) is 8.00. The molecule has 1 aliphatic heterocycles. The van der Waals surface area contributed by atoms with Crippen LogP contribution < -0.4 is 5.73 Å². The van der Waals surface area contributed by atoms with Crippen molar-refractivity contribution in [1.29, 1.82) is 0 Å². The van der Waals surface area contributed by atoms with E-state index in [4.69, 9.17) is 10.5 Å². The van der Waals surface area contributed by atoms with E-state index in [1.807, 2.05) is 31.7 Å². The molecule has 8 nitrogen and oxygen atoms in total. The molecule has 0 aromatic heterocycles. The SMILES string of the molecule is Cc1cc(CN=C(N)N2CCN(C(=O)OC(C)(C)C)CC2)ccc1S(C)(=O)=O. The summed E-state index contributed by atoms with van der Waals surface area (Å²) in [7, 11) is -3.23. The topological polar surface area (TPSA) is 105 Å². The normalized spacial score (nSPS) is 16.2. The third kappa shape index (κ3) is 6.12. The van der Waals surface area contributed by atoms with E-state index < -0.39 is 15.4 Å². The summed E-state index contributed by atoms with van der Waals surface area (Å²) in [5.74, 6) is 0.411. The molecule has 1 aliphatic rings. The van der Waals surface area contributed by atoms with Gasteiger partial charge >= 0.3 is 6.09 Å². The Hall–Kier alpha value is -2.29. The standard InChI is InChI=1S/C19H30N4O4S/c1-14-12-15(6-7-16(14)28(5,25)26)13-21-17(20)22-8-10-23(11-9-22)18(24)27-19(2,3)4/h6-7,12H,8-11,13H2,1-5H3,(H2,20,21). The van der Waals surface area contributed by atoms with Gasteiger partial charge in [-0.3, -0.25) is 0 Å². The van der Waals surface area contributed by atoms with Crippen LogP contribution in [0.1, 0.15) is 31.9 Å². The lowest BCUT2D eigenvalue weighted by Crippen LogP contribution is -2.53. The first-order valence-corrected chi connectivity index (χ1v) is 11.1. The van der Waals surface area contributed by atoms with Crippen molar-refractivity contribution in [3.8, 4) is 0 Å². The lowest BCUT2D eigenvalue weighted by molar-refractivity contribution is 0.0186. The minimum absolute atomic E-state index is 0.316. The van der Waals surface area contributed by atoms with E-state index in [0.29, 0.717) is 49.1 Å². The number of hydrogen-bond donors (Lipinski definition) is 1. The van der Waals surface area contributed by atoms with Crippen LogP contribution in [-0.4, -0.2) is 68.3 Å². The van der Waals surface area contributed by atoms with E-state index in [9.17, 15) is 13.2 Å². The second-order valence-corrected chi connectivity index (χ2v) is 9.99. The van der Waals surface area contributed by atoms with Crippen molar-refractivity contribution in [2.45, 2.75) is 44.7 Å². The van der Waals surface area contributed by atoms with E-state index in [1.54, 1.807) is 24.0 Å². The number of hydrogen-bond acceptors (Lipinski definition) is 5. The average molecular weight is 411 g/mol. The fraction of sp³-hybridized carbons (Fsp3) is 0.579. The summed E-state index contributed by atoms with van der Waals surface area (Å²) in [6.07, 6.45) is 0.881. The molecule has 1 saturated heterocycles. The van der Waals surface area contributed by atoms with Gasteiger partial charge in [0.15, 0.2) is 15.8 Å². The maximum atomic E-state index is 12.1. The largest absolute Gasteiger partial charge is 0.444 e. The molecule has 1 heterocycles. The molecule has 1 fully saturated rings. The highest BCUT2D eigenvalue weighted by Gasteiger charge is 2.26. The van der Waals surface area contributed by atoms with Gasteiger partial charge in [0.2, 0.25) is 0 Å². The molecule has 0 radical (unpaired) electrons. The van der Waals surface area contributed by atoms with Crippen molar-refractivity contribution in [3.63, 3.8) is 0 Å². The van der Waals surface area contributed by atoms with Gasteiger partial charge in [-0.05, 0) is 44.9 Å². The number of carbonyl (C=O) groups is 1. The van der Waals surface area contributed by atoms with Gasteiger partial charge in [-0.1, -0.05) is 12.1 Å². The number of nitrogens with zero attached hydrogens (tertiary/aromatic N) is 3. The zero-order chi connectivity index (χ0) is 21.1. The van der Waals surface area contributed by atoms with E-state index >= 15 is 0 Å². The fourth-order valence-electron chi connectivity index (χ4n) is 2.94. The highest BCUT2D eigenvalue weighted by atomic mass is 32.2. The maximum absolute atomic E-state index is 12.1. The molecule has 0 aliphatic carbocycles. The van der Waals surface area contributed by atoms with Gasteiger partial charge in [0.1, 0.15) is 5.60 Å². The van der Waals surface area contributed by atoms with Crippen LogP contribution in [0.4, 0.5) is 4.79 Å². The number of benzene rings is 1. The number of piperazine rings is 1. The predicted octanol–water partition coefficient (Wildman–Crippen LogP) is 1.77. The van der Waals surface area contributed by atoms with Crippen molar-refractivity contribution in [2.24, 2.45) is 10.7 Å². The van der Waals surface area contributed by atoms with E-state index in [0.717, 1.165) is 5.56 Å². The first kappa shape index (κ1) is 22.0. The van der Waals surface area contributed by atoms with Crippen LogP contribution in [-0.2, 0) is 21.1 Å². The van der Waals surface area contributed by atoms with Gasteiger partial charge in [-0.15, -0.1) is 0 Å². The van der Waals surface area contributed by atoms with Gasteiger partial charge < -0.3 is 20.3 Å². The third-order valence-corrected chi connectivity index (χ3v) is 5.57. The van der Waals surface area contributed by atoms with Crippen LogP contribution in [0.25, 0.3) is 0 Å². The molecule has 2 N–H and O–H groups in total. The summed E-state index contributed by atoms with van der Waals surface area (Å²) in [4.78, 5) is 20.5. The minimum atomic E-state index is -3.23. The number of carbonyl (C=O) groups excluding carboxylic acids is 1. The molecule has 28 heavy (non-hydrogen) atoms. The zero-order valence-electron chi connectivity index (χ0n) is 17.2. The first-order chi connectivity index (χ1) is 12.9. The van der Waals surface area contributed by atoms with Crippen molar-refractivity contribution in [3.05, 3.63) is 29.3 Å². The highest BCUT2D eigenvalue weighted by Crippen LogP contribution is 2.17. The number of rotatable bonds is 3. The smallest absolute Gasteiger partial charge is 0.410 e. The molecule has 0 saturated carbocycles. The van der Waals surface area contributed by atoms with Gasteiger partial charge in [-0.25, -0.2) is 18.2 Å². The highest BCUT2D eigenvalue weighted by molar-refractivity contribution is 7.90. The van der Waals surface area contributed by atoms with Crippen LogP contribution in [0, 0.1) is 6.92 Å². The Labute approximate surface area is 167 Å². The van der Waals surface area contributed by atoms with Crippen molar-refractivity contribution in [1.82, 2.24) is 9.80 Å². The van der Waals surface area contributed by atoms with Crippen LogP contribution in [0.5, 0.6) is 0 Å². The van der Waals surface area contributed by atoms with E-state index in [-0.39, 0.29) is 6.09 Å². The van der Waals surface area contributed by atoms with Gasteiger partial charge in [0.05, 0.1) is 11.4 Å². The Bertz CT molecular complexity index is 851. The Morgan fingerprint density at radius 2 is 1.75 bits per heavy atom. The Balaban J connectivity index is 1.93. The van der Waals surface area contributed by atoms with Crippen molar-refractivity contribution in [2.75, 3.05) is 32.4 Å². The lowest BCUT2D eigenvalue weighted by Gasteiger charge is -2.36. The predicted molar refractivity (Wildman–Crippen MR) is 109 cm³/mol. The van der Waals surface area contributed by atoms with Crippen molar-refractivity contribution < 1.29 is 17.9 Å². The molecule has 2 rings (SSSR count).